The van der Waals surface area contributed by atoms with Gasteiger partial charge in [-0.2, -0.15) is 0 Å². The highest BCUT2D eigenvalue weighted by Crippen LogP contribution is 2.27. The van der Waals surface area contributed by atoms with Crippen molar-refractivity contribution in [2.45, 2.75) is 0 Å². The third kappa shape index (κ3) is 3.22. The topological polar surface area (TPSA) is 95.8 Å². The zero-order valence-electron chi connectivity index (χ0n) is 13.7. The first-order chi connectivity index (χ1) is 12.2. The van der Waals surface area contributed by atoms with E-state index in [0.717, 1.165) is 5.69 Å². The number of aromatic nitrogens is 3. The Morgan fingerprint density at radius 2 is 1.76 bits per heavy atom. The number of nitrogens with zero attached hydrogens (tertiary/aromatic N) is 4. The van der Waals surface area contributed by atoms with Crippen molar-refractivity contribution >= 4 is 17.6 Å². The first kappa shape index (κ1) is 16.7. The van der Waals surface area contributed by atoms with Gasteiger partial charge in [-0.05, 0) is 24.3 Å². The molecule has 0 spiro atoms. The molecule has 0 N–H and O–H groups in total. The van der Waals surface area contributed by atoms with Gasteiger partial charge in [0.1, 0.15) is 12.4 Å². The molecule has 25 heavy (non-hydrogen) atoms. The number of methoxy groups -OCH3 is 2. The normalized spacial score (nSPS) is 14.4. The second-order valence-corrected chi connectivity index (χ2v) is 5.08. The summed E-state index contributed by atoms with van der Waals surface area (Å²) in [7, 11) is 2.50. The zero-order valence-corrected chi connectivity index (χ0v) is 13.7. The van der Waals surface area contributed by atoms with Crippen LogP contribution in [0.15, 0.2) is 47.9 Å². The van der Waals surface area contributed by atoms with E-state index in [2.05, 4.69) is 10.3 Å². The van der Waals surface area contributed by atoms with E-state index >= 15 is 0 Å². The van der Waals surface area contributed by atoms with Crippen molar-refractivity contribution in [2.75, 3.05) is 32.5 Å². The predicted molar refractivity (Wildman–Crippen MR) is 85.7 cm³/mol. The van der Waals surface area contributed by atoms with Gasteiger partial charge >= 0.3 is 11.9 Å². The number of benzene rings is 1. The maximum atomic E-state index is 12.2. The van der Waals surface area contributed by atoms with Crippen LogP contribution in [0.1, 0.15) is 0 Å². The molecule has 1 aromatic carbocycles. The number of esters is 2. The van der Waals surface area contributed by atoms with Crippen LogP contribution in [0.2, 0.25) is 0 Å². The van der Waals surface area contributed by atoms with E-state index in [0.29, 0.717) is 5.69 Å². The molecule has 1 aliphatic rings. The molecule has 1 aromatic heterocycles. The average molecular weight is 344 g/mol. The van der Waals surface area contributed by atoms with Crippen LogP contribution in [0, 0.1) is 0 Å². The molecule has 0 radical (unpaired) electrons. The minimum atomic E-state index is -0.635. The fraction of sp³-hybridized carbons (Fsp3) is 0.250. The van der Waals surface area contributed by atoms with Crippen LogP contribution in [0.5, 0.6) is 0 Å². The van der Waals surface area contributed by atoms with Crippen LogP contribution in [0.3, 0.4) is 0 Å². The Bertz CT molecular complexity index is 798. The summed E-state index contributed by atoms with van der Waals surface area (Å²) in [4.78, 5) is 25.8. The lowest BCUT2D eigenvalue weighted by Crippen LogP contribution is -2.38. The summed E-state index contributed by atoms with van der Waals surface area (Å²) in [6.07, 6.45) is 3.29. The van der Waals surface area contributed by atoms with Gasteiger partial charge in [-0.3, -0.25) is 0 Å². The molecule has 130 valence electrons. The molecule has 0 aliphatic carbocycles. The third-order valence-corrected chi connectivity index (χ3v) is 3.68. The zero-order chi connectivity index (χ0) is 17.8. The summed E-state index contributed by atoms with van der Waals surface area (Å²) in [5, 5.41) is 7.67. The van der Waals surface area contributed by atoms with Crippen molar-refractivity contribution in [1.82, 2.24) is 15.0 Å². The Hall–Kier alpha value is -3.20. The average Bonchev–Trinajstić information content (AvgIpc) is 3.21. The molecule has 0 bridgehead atoms. The lowest BCUT2D eigenvalue weighted by molar-refractivity contribution is -0.140. The molecule has 0 fully saturated rings. The highest BCUT2D eigenvalue weighted by molar-refractivity contribution is 6.03. The Morgan fingerprint density at radius 3 is 2.36 bits per heavy atom. The highest BCUT2D eigenvalue weighted by Gasteiger charge is 2.32. The molecule has 0 saturated carbocycles. The van der Waals surface area contributed by atoms with Crippen LogP contribution >= 0.6 is 0 Å². The highest BCUT2D eigenvalue weighted by atomic mass is 16.5. The van der Waals surface area contributed by atoms with Gasteiger partial charge in [0.15, 0.2) is 0 Å². The van der Waals surface area contributed by atoms with Crippen molar-refractivity contribution in [2.24, 2.45) is 0 Å². The minimum Gasteiger partial charge on any atom is -0.466 e. The second-order valence-electron chi connectivity index (χ2n) is 5.08. The molecular weight excluding hydrogens is 328 g/mol. The number of ether oxygens (including phenoxy) is 3. The van der Waals surface area contributed by atoms with E-state index in [1.54, 1.807) is 34.1 Å². The number of carbonyl (C=O) groups is 2. The quantitative estimate of drug-likeness (QED) is 0.747. The van der Waals surface area contributed by atoms with Gasteiger partial charge < -0.3 is 19.1 Å². The van der Waals surface area contributed by atoms with E-state index in [9.17, 15) is 9.59 Å². The van der Waals surface area contributed by atoms with Crippen LogP contribution in [-0.2, 0) is 23.8 Å². The van der Waals surface area contributed by atoms with E-state index in [1.165, 1.54) is 14.2 Å². The molecule has 9 heteroatoms. The van der Waals surface area contributed by atoms with Crippen LogP contribution in [0.25, 0.3) is 5.69 Å². The number of rotatable bonds is 4. The fourth-order valence-electron chi connectivity index (χ4n) is 2.48. The molecular formula is C16H16N4O5. The van der Waals surface area contributed by atoms with Gasteiger partial charge in [0.05, 0.1) is 44.5 Å². The molecule has 1 aliphatic heterocycles. The monoisotopic (exact) mass is 344 g/mol. The van der Waals surface area contributed by atoms with Gasteiger partial charge in [-0.1, -0.05) is 5.21 Å². The maximum absolute atomic E-state index is 12.2. The summed E-state index contributed by atoms with van der Waals surface area (Å²) < 4.78 is 16.6. The van der Waals surface area contributed by atoms with Crippen molar-refractivity contribution in [3.63, 3.8) is 0 Å². The molecule has 0 saturated heterocycles. The summed E-state index contributed by atoms with van der Waals surface area (Å²) in [6, 6.07) is 7.18. The van der Waals surface area contributed by atoms with Gasteiger partial charge in [0.25, 0.3) is 0 Å². The second kappa shape index (κ2) is 7.14. The number of hydrogen-bond acceptors (Lipinski definition) is 8. The molecule has 2 aromatic rings. The summed E-state index contributed by atoms with van der Waals surface area (Å²) in [6.45, 7) is 0.0816. The number of anilines is 1. The summed E-state index contributed by atoms with van der Waals surface area (Å²) in [5.41, 5.74) is 1.68. The largest absolute Gasteiger partial charge is 0.466 e. The molecule has 0 amide bonds. The van der Waals surface area contributed by atoms with E-state index in [1.807, 2.05) is 12.1 Å². The van der Waals surface area contributed by atoms with E-state index < -0.39 is 11.9 Å². The van der Waals surface area contributed by atoms with Crippen LogP contribution < -0.4 is 4.90 Å². The molecule has 9 nitrogen and oxygen atoms in total. The Morgan fingerprint density at radius 1 is 1.08 bits per heavy atom. The minimum absolute atomic E-state index is 0.0232. The van der Waals surface area contributed by atoms with Crippen molar-refractivity contribution < 1.29 is 23.8 Å². The Kier molecular flexibility index (Phi) is 4.75. The predicted octanol–water partition coefficient (Wildman–Crippen LogP) is 0.661. The first-order valence-electron chi connectivity index (χ1n) is 7.37. The standard InChI is InChI=1S/C16H16N4O5/c1-23-15(21)13-9-25-10-19(14(13)16(22)24-2)11-3-5-12(6-4-11)20-8-7-17-18-20/h3-8H,9-10H2,1-2H3. The van der Waals surface area contributed by atoms with Gasteiger partial charge in [-0.15, -0.1) is 5.10 Å². The maximum Gasteiger partial charge on any atom is 0.355 e. The van der Waals surface area contributed by atoms with Crippen LogP contribution in [0.4, 0.5) is 5.69 Å². The molecule has 3 rings (SSSR count). The lowest BCUT2D eigenvalue weighted by Gasteiger charge is -2.31. The first-order valence-corrected chi connectivity index (χ1v) is 7.37. The van der Waals surface area contributed by atoms with Crippen molar-refractivity contribution in [1.29, 1.82) is 0 Å². The van der Waals surface area contributed by atoms with E-state index in [-0.39, 0.29) is 24.6 Å². The summed E-state index contributed by atoms with van der Waals surface area (Å²) in [5.74, 6) is -1.27. The number of carbonyl (C=O) groups excluding carboxylic acids is 2. The lowest BCUT2D eigenvalue weighted by atomic mass is 10.1. The molecule has 2 heterocycles. The van der Waals surface area contributed by atoms with Crippen molar-refractivity contribution in [3.8, 4) is 5.69 Å². The smallest absolute Gasteiger partial charge is 0.355 e. The van der Waals surface area contributed by atoms with Crippen LogP contribution in [-0.4, -0.2) is 54.5 Å². The Labute approximate surface area is 143 Å². The Balaban J connectivity index is 1.99. The molecule has 0 unspecified atom stereocenters. The van der Waals surface area contributed by atoms with Gasteiger partial charge in [-0.25, -0.2) is 14.3 Å². The van der Waals surface area contributed by atoms with Gasteiger partial charge in [0, 0.05) is 5.69 Å². The van der Waals surface area contributed by atoms with Gasteiger partial charge in [0.2, 0.25) is 0 Å². The third-order valence-electron chi connectivity index (χ3n) is 3.68. The van der Waals surface area contributed by atoms with Crippen molar-refractivity contribution in [3.05, 3.63) is 47.9 Å². The molecule has 0 atom stereocenters. The SMILES string of the molecule is COC(=O)C1=C(C(=O)OC)N(c2ccc(-n3ccnn3)cc2)COC1. The fourth-order valence-corrected chi connectivity index (χ4v) is 2.48. The summed E-state index contributed by atoms with van der Waals surface area (Å²) >= 11 is 0. The van der Waals surface area contributed by atoms with E-state index in [4.69, 9.17) is 14.2 Å². The number of hydrogen-bond donors (Lipinski definition) is 0.